The highest BCUT2D eigenvalue weighted by molar-refractivity contribution is 5.89. The fourth-order valence-electron chi connectivity index (χ4n) is 2.16. The van der Waals surface area contributed by atoms with Gasteiger partial charge in [0.05, 0.1) is 0 Å². The average Bonchev–Trinajstić information content (AvgIpc) is 2.40. The summed E-state index contributed by atoms with van der Waals surface area (Å²) < 4.78 is 13.1. The molecular weight excluding hydrogens is 267 g/mol. The van der Waals surface area contributed by atoms with E-state index in [4.69, 9.17) is 0 Å². The number of aryl methyl sites for hydroxylation is 2. The number of carbonyl (C=O) groups excluding carboxylic acids is 1. The van der Waals surface area contributed by atoms with Crippen molar-refractivity contribution >= 4 is 17.3 Å². The van der Waals surface area contributed by atoms with Crippen LogP contribution < -0.4 is 10.6 Å². The van der Waals surface area contributed by atoms with E-state index in [0.29, 0.717) is 6.54 Å². The van der Waals surface area contributed by atoms with Gasteiger partial charge in [-0.05, 0) is 60.9 Å². The third-order valence-electron chi connectivity index (χ3n) is 3.32. The van der Waals surface area contributed by atoms with Crippen LogP contribution in [0.1, 0.15) is 23.6 Å². The zero-order valence-corrected chi connectivity index (χ0v) is 12.5. The number of rotatable bonds is 4. The smallest absolute Gasteiger partial charge is 0.221 e. The maximum absolute atomic E-state index is 13.1. The Morgan fingerprint density at radius 2 is 1.86 bits per heavy atom. The second kappa shape index (κ2) is 6.39. The van der Waals surface area contributed by atoms with Gasteiger partial charge in [-0.15, -0.1) is 0 Å². The van der Waals surface area contributed by atoms with Crippen LogP contribution in [0.2, 0.25) is 0 Å². The van der Waals surface area contributed by atoms with Gasteiger partial charge in [0, 0.05) is 24.8 Å². The summed E-state index contributed by atoms with van der Waals surface area (Å²) in [6, 6.07) is 10.5. The van der Waals surface area contributed by atoms with Gasteiger partial charge in [0.2, 0.25) is 5.91 Å². The Kier molecular flexibility index (Phi) is 4.58. The molecule has 1 amide bonds. The molecule has 0 radical (unpaired) electrons. The maximum atomic E-state index is 13.1. The minimum Gasteiger partial charge on any atom is -0.381 e. The summed E-state index contributed by atoms with van der Waals surface area (Å²) in [5.74, 6) is -0.299. The quantitative estimate of drug-likeness (QED) is 0.891. The van der Waals surface area contributed by atoms with Gasteiger partial charge in [-0.25, -0.2) is 4.39 Å². The van der Waals surface area contributed by atoms with E-state index in [1.807, 2.05) is 32.0 Å². The van der Waals surface area contributed by atoms with E-state index in [-0.39, 0.29) is 11.7 Å². The van der Waals surface area contributed by atoms with Crippen molar-refractivity contribution in [2.24, 2.45) is 0 Å². The first-order valence-electron chi connectivity index (χ1n) is 6.83. The second-order valence-corrected chi connectivity index (χ2v) is 5.14. The number of halogens is 1. The molecule has 0 bridgehead atoms. The van der Waals surface area contributed by atoms with Gasteiger partial charge >= 0.3 is 0 Å². The predicted octanol–water partition coefficient (Wildman–Crippen LogP) is 4.01. The Bertz CT molecular complexity index is 668. The summed E-state index contributed by atoms with van der Waals surface area (Å²) >= 11 is 0. The van der Waals surface area contributed by atoms with Gasteiger partial charge in [0.25, 0.3) is 0 Å². The number of nitrogens with one attached hydrogen (secondary N) is 2. The van der Waals surface area contributed by atoms with Gasteiger partial charge in [-0.3, -0.25) is 4.79 Å². The number of hydrogen-bond donors (Lipinski definition) is 2. The van der Waals surface area contributed by atoms with Crippen LogP contribution in [-0.2, 0) is 11.3 Å². The van der Waals surface area contributed by atoms with Gasteiger partial charge in [0.15, 0.2) is 0 Å². The summed E-state index contributed by atoms with van der Waals surface area (Å²) in [6.07, 6.45) is 0. The topological polar surface area (TPSA) is 41.1 Å². The standard InChI is InChI=1S/C17H19FN2O/c1-11-8-15(18)5-4-14(11)10-19-16-6-7-17(12(2)9-16)20-13(3)21/h4-9,19H,10H2,1-3H3,(H,20,21). The number of benzene rings is 2. The summed E-state index contributed by atoms with van der Waals surface area (Å²) in [5, 5.41) is 6.09. The first-order chi connectivity index (χ1) is 9.95. The van der Waals surface area contributed by atoms with Crippen molar-refractivity contribution in [1.82, 2.24) is 0 Å². The van der Waals surface area contributed by atoms with Crippen LogP contribution in [0.15, 0.2) is 36.4 Å². The molecule has 2 N–H and O–H groups in total. The Morgan fingerprint density at radius 1 is 1.10 bits per heavy atom. The first kappa shape index (κ1) is 15.0. The summed E-state index contributed by atoms with van der Waals surface area (Å²) in [7, 11) is 0. The van der Waals surface area contributed by atoms with E-state index in [2.05, 4.69) is 10.6 Å². The van der Waals surface area contributed by atoms with Crippen LogP contribution >= 0.6 is 0 Å². The highest BCUT2D eigenvalue weighted by atomic mass is 19.1. The third-order valence-corrected chi connectivity index (χ3v) is 3.32. The first-order valence-corrected chi connectivity index (χ1v) is 6.83. The van der Waals surface area contributed by atoms with Crippen molar-refractivity contribution in [3.8, 4) is 0 Å². The molecule has 0 fully saturated rings. The van der Waals surface area contributed by atoms with Crippen molar-refractivity contribution in [3.63, 3.8) is 0 Å². The molecule has 3 nitrogen and oxygen atoms in total. The molecule has 2 aromatic carbocycles. The van der Waals surface area contributed by atoms with E-state index in [1.54, 1.807) is 6.07 Å². The lowest BCUT2D eigenvalue weighted by atomic mass is 10.1. The number of anilines is 2. The van der Waals surface area contributed by atoms with Gasteiger partial charge < -0.3 is 10.6 Å². The molecule has 0 spiro atoms. The van der Waals surface area contributed by atoms with E-state index in [1.165, 1.54) is 19.1 Å². The van der Waals surface area contributed by atoms with Crippen LogP contribution in [0.5, 0.6) is 0 Å². The zero-order valence-electron chi connectivity index (χ0n) is 12.5. The molecule has 21 heavy (non-hydrogen) atoms. The minimum absolute atomic E-state index is 0.0826. The highest BCUT2D eigenvalue weighted by Gasteiger charge is 2.03. The SMILES string of the molecule is CC(=O)Nc1ccc(NCc2ccc(F)cc2C)cc1C. The van der Waals surface area contributed by atoms with Crippen molar-refractivity contribution in [1.29, 1.82) is 0 Å². The Morgan fingerprint density at radius 3 is 2.48 bits per heavy atom. The fourth-order valence-corrected chi connectivity index (χ4v) is 2.16. The van der Waals surface area contributed by atoms with E-state index in [9.17, 15) is 9.18 Å². The van der Waals surface area contributed by atoms with Gasteiger partial charge in [0.1, 0.15) is 5.82 Å². The average molecular weight is 286 g/mol. The molecule has 0 aliphatic carbocycles. The summed E-state index contributed by atoms with van der Waals surface area (Å²) in [5.41, 5.74) is 4.75. The lowest BCUT2D eigenvalue weighted by Gasteiger charge is -2.12. The molecule has 0 unspecified atom stereocenters. The molecule has 4 heteroatoms. The van der Waals surface area contributed by atoms with Crippen LogP contribution in [-0.4, -0.2) is 5.91 Å². The van der Waals surface area contributed by atoms with Crippen LogP contribution in [0.25, 0.3) is 0 Å². The predicted molar refractivity (Wildman–Crippen MR) is 83.9 cm³/mol. The van der Waals surface area contributed by atoms with E-state index >= 15 is 0 Å². The molecule has 0 atom stereocenters. The number of amides is 1. The molecule has 0 heterocycles. The molecule has 0 aromatic heterocycles. The Balaban J connectivity index is 2.06. The molecular formula is C17H19FN2O. The number of carbonyl (C=O) groups is 1. The molecule has 2 aromatic rings. The molecule has 0 aliphatic heterocycles. The largest absolute Gasteiger partial charge is 0.381 e. The Hall–Kier alpha value is -2.36. The third kappa shape index (κ3) is 4.05. The van der Waals surface area contributed by atoms with Crippen LogP contribution in [0, 0.1) is 19.7 Å². The van der Waals surface area contributed by atoms with Gasteiger partial charge in [-0.1, -0.05) is 6.07 Å². The summed E-state index contributed by atoms with van der Waals surface area (Å²) in [4.78, 5) is 11.1. The van der Waals surface area contributed by atoms with E-state index < -0.39 is 0 Å². The molecule has 0 saturated heterocycles. The van der Waals surface area contributed by atoms with Crippen molar-refractivity contribution < 1.29 is 9.18 Å². The lowest BCUT2D eigenvalue weighted by molar-refractivity contribution is -0.114. The second-order valence-electron chi connectivity index (χ2n) is 5.14. The highest BCUT2D eigenvalue weighted by Crippen LogP contribution is 2.20. The summed E-state index contributed by atoms with van der Waals surface area (Å²) in [6.45, 7) is 5.96. The van der Waals surface area contributed by atoms with Crippen molar-refractivity contribution in [2.75, 3.05) is 10.6 Å². The molecule has 110 valence electrons. The van der Waals surface area contributed by atoms with Crippen molar-refractivity contribution in [3.05, 3.63) is 58.9 Å². The number of hydrogen-bond acceptors (Lipinski definition) is 2. The zero-order chi connectivity index (χ0) is 15.4. The minimum atomic E-state index is -0.216. The maximum Gasteiger partial charge on any atom is 0.221 e. The fraction of sp³-hybridized carbons (Fsp3) is 0.235. The van der Waals surface area contributed by atoms with Crippen LogP contribution in [0.4, 0.5) is 15.8 Å². The normalized spacial score (nSPS) is 10.3. The molecule has 0 saturated carbocycles. The van der Waals surface area contributed by atoms with Crippen molar-refractivity contribution in [2.45, 2.75) is 27.3 Å². The molecule has 2 rings (SSSR count). The monoisotopic (exact) mass is 286 g/mol. The van der Waals surface area contributed by atoms with Crippen LogP contribution in [0.3, 0.4) is 0 Å². The van der Waals surface area contributed by atoms with Gasteiger partial charge in [-0.2, -0.15) is 0 Å². The molecule has 0 aliphatic rings. The van der Waals surface area contributed by atoms with E-state index in [0.717, 1.165) is 28.1 Å². The Labute approximate surface area is 124 Å². The lowest BCUT2D eigenvalue weighted by Crippen LogP contribution is -2.07.